The second-order valence-electron chi connectivity index (χ2n) is 8.39. The molecule has 3 rings (SSSR count). The van der Waals surface area contributed by atoms with Crippen LogP contribution in [0.2, 0.25) is 0 Å². The Morgan fingerprint density at radius 3 is 2.55 bits per heavy atom. The molecule has 1 aliphatic heterocycles. The summed E-state index contributed by atoms with van der Waals surface area (Å²) in [7, 11) is 0. The van der Waals surface area contributed by atoms with Gasteiger partial charge in [-0.15, -0.1) is 0 Å². The second-order valence-corrected chi connectivity index (χ2v) is 8.39. The van der Waals surface area contributed by atoms with Crippen LogP contribution in [0.5, 0.6) is 0 Å². The van der Waals surface area contributed by atoms with Crippen molar-refractivity contribution in [1.29, 1.82) is 0 Å². The maximum Gasteiger partial charge on any atom is 0.319 e. The molecule has 1 atom stereocenters. The molecular formula is C22H30N4O3. The van der Waals surface area contributed by atoms with Gasteiger partial charge in [0, 0.05) is 23.3 Å². The molecule has 1 unspecified atom stereocenters. The molecule has 3 N–H and O–H groups in total. The number of benzene rings is 1. The van der Waals surface area contributed by atoms with Crippen molar-refractivity contribution in [2.24, 2.45) is 0 Å². The maximum atomic E-state index is 12.4. The third-order valence-corrected chi connectivity index (χ3v) is 4.78. The topological polar surface area (TPSA) is 86.6 Å². The molecule has 0 spiro atoms. The lowest BCUT2D eigenvalue weighted by atomic mass is 10.1. The minimum atomic E-state index is -0.325. The fourth-order valence-corrected chi connectivity index (χ4v) is 3.46. The van der Waals surface area contributed by atoms with Gasteiger partial charge < -0.3 is 20.4 Å². The van der Waals surface area contributed by atoms with Crippen LogP contribution in [0.15, 0.2) is 47.1 Å². The van der Waals surface area contributed by atoms with E-state index in [4.69, 9.17) is 4.42 Å². The molecule has 0 bridgehead atoms. The van der Waals surface area contributed by atoms with E-state index in [1.807, 2.05) is 32.9 Å². The van der Waals surface area contributed by atoms with E-state index in [2.05, 4.69) is 20.9 Å². The van der Waals surface area contributed by atoms with Crippen molar-refractivity contribution in [2.75, 3.05) is 25.0 Å². The number of urea groups is 1. The van der Waals surface area contributed by atoms with Crippen LogP contribution >= 0.6 is 0 Å². The van der Waals surface area contributed by atoms with Crippen molar-refractivity contribution in [3.8, 4) is 0 Å². The molecule has 7 nitrogen and oxygen atoms in total. The Balaban J connectivity index is 1.58. The number of furan rings is 1. The van der Waals surface area contributed by atoms with Gasteiger partial charge in [0.15, 0.2) is 0 Å². The zero-order valence-corrected chi connectivity index (χ0v) is 17.3. The number of carbonyl (C=O) groups is 2. The monoisotopic (exact) mass is 398 g/mol. The summed E-state index contributed by atoms with van der Waals surface area (Å²) in [5, 5.41) is 8.66. The molecule has 29 heavy (non-hydrogen) atoms. The van der Waals surface area contributed by atoms with E-state index in [1.165, 1.54) is 0 Å². The van der Waals surface area contributed by atoms with Gasteiger partial charge in [0.05, 0.1) is 12.3 Å². The minimum absolute atomic E-state index is 0.0159. The molecule has 2 heterocycles. The van der Waals surface area contributed by atoms with Gasteiger partial charge in [-0.2, -0.15) is 0 Å². The van der Waals surface area contributed by atoms with Gasteiger partial charge in [-0.05, 0) is 77.0 Å². The summed E-state index contributed by atoms with van der Waals surface area (Å²) in [6.07, 6.45) is 3.98. The predicted molar refractivity (Wildman–Crippen MR) is 113 cm³/mol. The van der Waals surface area contributed by atoms with Gasteiger partial charge in [0.25, 0.3) is 5.91 Å². The highest BCUT2D eigenvalue weighted by Crippen LogP contribution is 2.25. The number of hydrogen-bond donors (Lipinski definition) is 3. The van der Waals surface area contributed by atoms with Crippen molar-refractivity contribution < 1.29 is 14.0 Å². The average molecular weight is 399 g/mol. The van der Waals surface area contributed by atoms with Gasteiger partial charge in [-0.1, -0.05) is 6.07 Å². The van der Waals surface area contributed by atoms with Gasteiger partial charge in [-0.3, -0.25) is 9.69 Å². The Hall–Kier alpha value is -2.80. The minimum Gasteiger partial charge on any atom is -0.468 e. The Kier molecular flexibility index (Phi) is 6.59. The highest BCUT2D eigenvalue weighted by Gasteiger charge is 2.26. The Morgan fingerprint density at radius 2 is 1.90 bits per heavy atom. The molecular weight excluding hydrogens is 368 g/mol. The summed E-state index contributed by atoms with van der Waals surface area (Å²) in [5.41, 5.74) is 0.747. The third-order valence-electron chi connectivity index (χ3n) is 4.78. The zero-order valence-electron chi connectivity index (χ0n) is 17.3. The molecule has 0 radical (unpaired) electrons. The van der Waals surface area contributed by atoms with E-state index in [-0.39, 0.29) is 23.5 Å². The number of amides is 3. The van der Waals surface area contributed by atoms with Crippen LogP contribution in [0.1, 0.15) is 55.8 Å². The number of hydrogen-bond acceptors (Lipinski definition) is 4. The lowest BCUT2D eigenvalue weighted by Crippen LogP contribution is -2.40. The number of nitrogens with one attached hydrogen (secondary N) is 3. The van der Waals surface area contributed by atoms with E-state index in [0.29, 0.717) is 17.8 Å². The smallest absolute Gasteiger partial charge is 0.319 e. The number of rotatable bonds is 6. The van der Waals surface area contributed by atoms with E-state index in [9.17, 15) is 9.59 Å². The maximum absolute atomic E-state index is 12.4. The molecule has 156 valence electrons. The van der Waals surface area contributed by atoms with Gasteiger partial charge in [-0.25, -0.2) is 4.79 Å². The standard InChI is InChI=1S/C22H30N4O3/c1-22(2,3)25-20(27)16-8-6-9-17(14-16)24-21(28)23-15-18(19-10-7-13-29-19)26-11-4-5-12-26/h6-10,13-14,18H,4-5,11-12,15H2,1-3H3,(H,25,27)(H2,23,24,28). The van der Waals surface area contributed by atoms with Crippen LogP contribution in [0.25, 0.3) is 0 Å². The lowest BCUT2D eigenvalue weighted by Gasteiger charge is -2.26. The van der Waals surface area contributed by atoms with Gasteiger partial charge in [0.2, 0.25) is 0 Å². The predicted octanol–water partition coefficient (Wildman–Crippen LogP) is 3.77. The van der Waals surface area contributed by atoms with Crippen molar-refractivity contribution in [1.82, 2.24) is 15.5 Å². The second kappa shape index (κ2) is 9.13. The molecule has 1 saturated heterocycles. The van der Waals surface area contributed by atoms with Crippen molar-refractivity contribution >= 4 is 17.6 Å². The Bertz CT molecular complexity index is 821. The number of likely N-dealkylation sites (tertiary alicyclic amines) is 1. The highest BCUT2D eigenvalue weighted by molar-refractivity contribution is 5.97. The number of carbonyl (C=O) groups excluding carboxylic acids is 2. The molecule has 3 amide bonds. The summed E-state index contributed by atoms with van der Waals surface area (Å²) in [5.74, 6) is 0.682. The molecule has 2 aromatic rings. The molecule has 1 fully saturated rings. The van der Waals surface area contributed by atoms with Crippen LogP contribution in [0, 0.1) is 0 Å². The largest absolute Gasteiger partial charge is 0.468 e. The van der Waals surface area contributed by atoms with E-state index < -0.39 is 0 Å². The normalized spacial score (nSPS) is 15.7. The van der Waals surface area contributed by atoms with E-state index in [0.717, 1.165) is 31.7 Å². The number of nitrogens with zero attached hydrogens (tertiary/aromatic N) is 1. The van der Waals surface area contributed by atoms with E-state index in [1.54, 1.807) is 30.5 Å². The Labute approximate surface area is 171 Å². The molecule has 0 saturated carbocycles. The van der Waals surface area contributed by atoms with Crippen molar-refractivity contribution in [3.05, 3.63) is 54.0 Å². The summed E-state index contributed by atoms with van der Waals surface area (Å²) < 4.78 is 5.58. The van der Waals surface area contributed by atoms with Crippen LogP contribution in [0.4, 0.5) is 10.5 Å². The van der Waals surface area contributed by atoms with Crippen molar-refractivity contribution in [2.45, 2.75) is 45.2 Å². The van der Waals surface area contributed by atoms with Gasteiger partial charge >= 0.3 is 6.03 Å². The zero-order chi connectivity index (χ0) is 20.9. The highest BCUT2D eigenvalue weighted by atomic mass is 16.3. The summed E-state index contributed by atoms with van der Waals surface area (Å²) in [6.45, 7) is 8.23. The first kappa shape index (κ1) is 20.9. The lowest BCUT2D eigenvalue weighted by molar-refractivity contribution is 0.0919. The number of anilines is 1. The first-order valence-electron chi connectivity index (χ1n) is 10.1. The average Bonchev–Trinajstić information content (AvgIpc) is 3.35. The van der Waals surface area contributed by atoms with Crippen LogP contribution in [0.3, 0.4) is 0 Å². The molecule has 7 heteroatoms. The SMILES string of the molecule is CC(C)(C)NC(=O)c1cccc(NC(=O)NCC(c2ccco2)N2CCCC2)c1. The van der Waals surface area contributed by atoms with Crippen LogP contribution in [-0.4, -0.2) is 42.0 Å². The fraction of sp³-hybridized carbons (Fsp3) is 0.455. The quantitative estimate of drug-likeness (QED) is 0.691. The first-order valence-corrected chi connectivity index (χ1v) is 10.1. The Morgan fingerprint density at radius 1 is 1.14 bits per heavy atom. The van der Waals surface area contributed by atoms with Gasteiger partial charge in [0.1, 0.15) is 5.76 Å². The first-order chi connectivity index (χ1) is 13.8. The molecule has 1 aromatic carbocycles. The molecule has 0 aliphatic carbocycles. The van der Waals surface area contributed by atoms with Crippen LogP contribution in [-0.2, 0) is 0 Å². The molecule has 1 aliphatic rings. The fourth-order valence-electron chi connectivity index (χ4n) is 3.46. The summed E-state index contributed by atoms with van der Waals surface area (Å²) in [6, 6.07) is 10.4. The summed E-state index contributed by atoms with van der Waals surface area (Å²) >= 11 is 0. The molecule has 1 aromatic heterocycles. The van der Waals surface area contributed by atoms with Crippen LogP contribution < -0.4 is 16.0 Å². The summed E-state index contributed by atoms with van der Waals surface area (Å²) in [4.78, 5) is 27.1. The third kappa shape index (κ3) is 6.09. The van der Waals surface area contributed by atoms with E-state index >= 15 is 0 Å². The van der Waals surface area contributed by atoms with Crippen molar-refractivity contribution in [3.63, 3.8) is 0 Å².